The molecule has 0 atom stereocenters. The van der Waals surface area contributed by atoms with Crippen LogP contribution in [0.3, 0.4) is 0 Å². The Morgan fingerprint density at radius 1 is 0.489 bits per heavy atom. The zero-order valence-electron chi connectivity index (χ0n) is 50.5. The second-order valence-corrected chi connectivity index (χ2v) is 18.6. The number of anilines is 1. The van der Waals surface area contributed by atoms with Crippen LogP contribution in [0.5, 0.6) is 0 Å². The van der Waals surface area contributed by atoms with Gasteiger partial charge in [0.05, 0.1) is 49.9 Å². The number of hydrogen-bond donors (Lipinski definition) is 3. The first-order valence-electron chi connectivity index (χ1n) is 25.9. The molecule has 9 aromatic heterocycles. The van der Waals surface area contributed by atoms with Crippen LogP contribution in [-0.4, -0.2) is 167 Å². The Labute approximate surface area is 574 Å². The number of nitrogens with two attached hydrogens (primary N) is 1. The van der Waals surface area contributed by atoms with Crippen LogP contribution in [0.15, 0.2) is 85.6 Å². The van der Waals surface area contributed by atoms with E-state index < -0.39 is 35.6 Å². The number of ketones is 2. The molecule has 94 heavy (non-hydrogen) atoms. The minimum atomic E-state index is -1.07. The monoisotopic (exact) mass is 1390 g/mol. The molecule has 0 saturated heterocycles. The molecule has 9 heterocycles. The Morgan fingerprint density at radius 2 is 0.819 bits per heavy atom. The van der Waals surface area contributed by atoms with Crippen LogP contribution in [0.4, 0.5) is 5.82 Å². The summed E-state index contributed by atoms with van der Waals surface area (Å²) in [6.07, 6.45) is 7.11. The number of nitrogens with one attached hydrogen (secondary N) is 1. The molecule has 9 rings (SSSR count). The fourth-order valence-electron chi connectivity index (χ4n) is 6.59. The number of nitrogen functional groups attached to an aromatic ring is 1. The number of hydrazine groups is 1. The predicted molar refractivity (Wildman–Crippen MR) is 338 cm³/mol. The Morgan fingerprint density at radius 3 is 1.14 bits per heavy atom. The summed E-state index contributed by atoms with van der Waals surface area (Å²) in [6, 6.07) is 14.4. The van der Waals surface area contributed by atoms with Gasteiger partial charge in [0.15, 0.2) is 46.0 Å². The van der Waals surface area contributed by atoms with Crippen molar-refractivity contribution in [3.8, 4) is 23.3 Å². The third kappa shape index (κ3) is 27.1. The van der Waals surface area contributed by atoms with E-state index >= 15 is 0 Å². The smallest absolute Gasteiger partial charge is 0.870 e. The summed E-state index contributed by atoms with van der Waals surface area (Å²) in [5.41, 5.74) is 5.95. The van der Waals surface area contributed by atoms with Gasteiger partial charge in [-0.05, 0) is 145 Å². The van der Waals surface area contributed by atoms with Crippen LogP contribution < -0.4 is 30.1 Å². The van der Waals surface area contributed by atoms with Crippen LogP contribution in [0, 0.1) is 27.7 Å². The third-order valence-electron chi connectivity index (χ3n) is 10.1. The molecule has 0 spiro atoms. The number of nitrogens with zero attached hydrogens (tertiary/aromatic N) is 18. The van der Waals surface area contributed by atoms with Gasteiger partial charge in [-0.3, -0.25) is 9.59 Å². The summed E-state index contributed by atoms with van der Waals surface area (Å²) in [7, 11) is 0. The molecule has 0 amide bonds. The number of Topliss-reactive ketones (excluding diaryl/α,β-unsaturated/α-hetero) is 2. The molecule has 9 aromatic rings. The van der Waals surface area contributed by atoms with Crippen LogP contribution in [0.25, 0.3) is 23.3 Å². The second kappa shape index (κ2) is 42.8. The van der Waals surface area contributed by atoms with E-state index in [2.05, 4.69) is 80.4 Å². The van der Waals surface area contributed by atoms with Gasteiger partial charge in [0.2, 0.25) is 32.2 Å². The second-order valence-electron chi connectivity index (χ2n) is 16.9. The molecule has 0 aromatic carbocycles. The first-order chi connectivity index (χ1) is 42.8. The number of aromatic carboxylic acids is 1. The molecule has 0 bridgehead atoms. The topological polar surface area (TPSA) is 445 Å². The van der Waals surface area contributed by atoms with E-state index in [0.717, 1.165) is 5.69 Å². The fourth-order valence-corrected chi connectivity index (χ4v) is 7.31. The Hall–Kier alpha value is -9.30. The predicted octanol–water partition coefficient (Wildman–Crippen LogP) is 5.34. The number of aromatic nitrogens is 18. The number of halogens is 5. The molecule has 0 aliphatic heterocycles. The zero-order valence-corrected chi connectivity index (χ0v) is 54.3. The average molecular weight is 1400 g/mol. The van der Waals surface area contributed by atoms with Crippen molar-refractivity contribution in [2.75, 3.05) is 31.9 Å². The number of esters is 4. The molecule has 0 radical (unpaired) electrons. The van der Waals surface area contributed by atoms with E-state index in [1.807, 2.05) is 6.92 Å². The number of carbonyl (C=O) groups excluding carboxylic acids is 6. The number of carboxylic acid groups (broad SMARTS) is 1. The van der Waals surface area contributed by atoms with Gasteiger partial charge in [0.1, 0.15) is 11.6 Å². The number of ether oxygens (including phenoxy) is 4. The number of carboxylic acids is 1. The van der Waals surface area contributed by atoms with Crippen molar-refractivity contribution >= 4 is 105 Å². The summed E-state index contributed by atoms with van der Waals surface area (Å²) < 4.78 is 24.7. The minimum absolute atomic E-state index is 0. The third-order valence-corrected chi connectivity index (χ3v) is 11.0. The molecule has 0 aliphatic carbocycles. The van der Waals surface area contributed by atoms with Gasteiger partial charge in [-0.15, -0.1) is 0 Å². The van der Waals surface area contributed by atoms with Gasteiger partial charge >= 0.3 is 48.7 Å². The summed E-state index contributed by atoms with van der Waals surface area (Å²) in [5.74, 6) is 2.73. The van der Waals surface area contributed by atoms with Gasteiger partial charge in [-0.2, -0.15) is 45.3 Å². The van der Waals surface area contributed by atoms with Crippen LogP contribution in [0.1, 0.15) is 121 Å². The Bertz CT molecular complexity index is 3850. The van der Waals surface area contributed by atoms with E-state index in [-0.39, 0.29) is 95.8 Å². The number of hydrogen-bond acceptors (Lipinski definition) is 28. The summed E-state index contributed by atoms with van der Waals surface area (Å²) in [6.45, 7) is 16.2. The molecule has 5 N–H and O–H groups in total. The molecular weight excluding hydrogens is 1330 g/mol. The minimum Gasteiger partial charge on any atom is -0.870 e. The molecule has 39 heteroatoms. The molecule has 33 nitrogen and oxygen atoms in total. The van der Waals surface area contributed by atoms with Crippen molar-refractivity contribution < 1.29 is 82.0 Å². The molecule has 0 fully saturated rings. The number of rotatable bonds is 16. The maximum Gasteiger partial charge on any atom is 1.00 e. The normalized spacial score (nSPS) is 9.65. The van der Waals surface area contributed by atoms with Gasteiger partial charge in [-0.25, -0.2) is 73.5 Å². The van der Waals surface area contributed by atoms with E-state index in [1.165, 1.54) is 68.8 Å². The Balaban J connectivity index is 0.00000111. The average Bonchev–Trinajstić information content (AvgIpc) is 1.70. The standard InChI is InChI=1S/3C11H11ClN4O2.C9H7ClN4O2.C7H10O4.C4H5ClN4.2CH4.Li.H2O/c1-3-18-10(17)8-6-7(2)16(15-8)9-4-5-13-11(12)14-9;2*1-3-18-10(17)8-6-7(2)15-16(8)9-4-5-13-11(12)14-9;1-5-4-6(8(15)16)14(13-5)7-2-3-11-9(10)12-7;1-3-11-7(10)6(9)4-5(2)8;5-4-7-2-1-3(8-4)9-6;;;;/h3*4-6H,3H2,1-2H3;2-4H,1H3,(H,15,16);3-4H2,1-2H3;1-2H,6H2,(H,7,8,9);2*1H4;;1H2/q;;;;;;;;+1;/p-1. The first-order valence-corrected chi connectivity index (χ1v) is 27.8. The SMILES string of the molecule is C.C.CCOC(=O)C(=O)CC(C)=O.CCOC(=O)c1cc(C)n(-c2ccnc(Cl)n2)n1.CCOC(=O)c1cc(C)nn1-c1ccnc(Cl)n1.CCOC(=O)c1cc(C)nn1-c1ccnc(Cl)n1.Cc1cc(C(=O)O)n(-c2ccnc(Cl)n2)n1.NNc1ccnc(Cl)n1.[Li+].[OH-]. The van der Waals surface area contributed by atoms with Gasteiger partial charge in [0, 0.05) is 67.0 Å². The van der Waals surface area contributed by atoms with Crippen LogP contribution in [0.2, 0.25) is 26.4 Å². The zero-order chi connectivity index (χ0) is 66.6. The van der Waals surface area contributed by atoms with Crippen molar-refractivity contribution in [2.45, 2.75) is 83.6 Å². The van der Waals surface area contributed by atoms with E-state index in [0.29, 0.717) is 77.4 Å². The fraction of sp³-hybridized carbons (Fsp3) is 0.291. The molecular formula is C55H64Cl5LiN20O13. The van der Waals surface area contributed by atoms with Gasteiger partial charge < -0.3 is 35.0 Å². The van der Waals surface area contributed by atoms with Crippen LogP contribution in [-0.2, 0) is 33.3 Å². The van der Waals surface area contributed by atoms with Gasteiger partial charge in [0.25, 0.3) is 0 Å². The van der Waals surface area contributed by atoms with E-state index in [9.17, 15) is 33.6 Å². The summed E-state index contributed by atoms with van der Waals surface area (Å²) in [4.78, 5) is 116. The van der Waals surface area contributed by atoms with Crippen molar-refractivity contribution in [2.24, 2.45) is 5.84 Å². The van der Waals surface area contributed by atoms with Crippen molar-refractivity contribution in [3.05, 3.63) is 158 Å². The maximum atomic E-state index is 11.8. The number of carbonyl (C=O) groups is 7. The quantitative estimate of drug-likeness (QED) is 0.0161. The first kappa shape index (κ1) is 84.7. The summed E-state index contributed by atoms with van der Waals surface area (Å²) >= 11 is 28.2. The summed E-state index contributed by atoms with van der Waals surface area (Å²) in [5, 5.41) is 26.1. The molecule has 0 aliphatic rings. The van der Waals surface area contributed by atoms with Crippen molar-refractivity contribution in [1.82, 2.24) is 89.0 Å². The largest absolute Gasteiger partial charge is 1.00 e. The maximum absolute atomic E-state index is 11.8. The molecule has 498 valence electrons. The van der Waals surface area contributed by atoms with Crippen molar-refractivity contribution in [3.63, 3.8) is 0 Å². The molecule has 0 unspecified atom stereocenters. The van der Waals surface area contributed by atoms with E-state index in [4.69, 9.17) is 83.2 Å². The van der Waals surface area contributed by atoms with Gasteiger partial charge in [-0.1, -0.05) is 14.9 Å². The Kier molecular flexibility index (Phi) is 38.5. The van der Waals surface area contributed by atoms with E-state index in [1.54, 1.807) is 90.9 Å². The molecule has 0 saturated carbocycles. The van der Waals surface area contributed by atoms with Crippen molar-refractivity contribution in [1.29, 1.82) is 0 Å². The number of aryl methyl sites for hydroxylation is 4. The van der Waals surface area contributed by atoms with Crippen LogP contribution >= 0.6 is 58.0 Å².